The Bertz CT molecular complexity index is 723. The molecule has 1 aliphatic rings. The molecule has 8 nitrogen and oxygen atoms in total. The summed E-state index contributed by atoms with van der Waals surface area (Å²) in [5, 5.41) is 9.83. The topological polar surface area (TPSA) is 81.2 Å². The normalized spacial score (nSPS) is 15.8. The standard InChI is InChI=1S/C24H42N6O2.HI/c1-19(2)15-22(30-11-13-32-14-12-30)18-28-24(25-3)27-17-20-7-6-8-21(16-20)23(31)26-9-10-29(4)5;/h6-8,16,19,22H,9-15,17-18H2,1-5H3,(H,26,31)(H2,25,27,28);1H. The molecule has 1 saturated heterocycles. The summed E-state index contributed by atoms with van der Waals surface area (Å²) in [6, 6.07) is 8.17. The highest BCUT2D eigenvalue weighted by atomic mass is 127. The number of ether oxygens (including phenoxy) is 1. The van der Waals surface area contributed by atoms with Gasteiger partial charge in [-0.2, -0.15) is 0 Å². The molecule has 2 rings (SSSR count). The molecule has 1 aromatic rings. The SMILES string of the molecule is CN=C(NCc1cccc(C(=O)NCCN(C)C)c1)NCC(CC(C)C)N1CCOCC1.I. The second-order valence-corrected chi connectivity index (χ2v) is 9.00. The Kier molecular flexibility index (Phi) is 14.6. The number of halogens is 1. The van der Waals surface area contributed by atoms with Crippen LogP contribution in [0.5, 0.6) is 0 Å². The van der Waals surface area contributed by atoms with Gasteiger partial charge in [0.1, 0.15) is 0 Å². The van der Waals surface area contributed by atoms with E-state index in [1.165, 1.54) is 0 Å². The van der Waals surface area contributed by atoms with Crippen molar-refractivity contribution in [1.29, 1.82) is 0 Å². The molecule has 0 aromatic heterocycles. The van der Waals surface area contributed by atoms with Crippen LogP contribution >= 0.6 is 24.0 Å². The number of amides is 1. The molecule has 1 atom stereocenters. The summed E-state index contributed by atoms with van der Waals surface area (Å²) < 4.78 is 5.52. The van der Waals surface area contributed by atoms with Crippen molar-refractivity contribution in [3.05, 3.63) is 35.4 Å². The predicted molar refractivity (Wildman–Crippen MR) is 147 cm³/mol. The number of morpholine rings is 1. The first-order valence-electron chi connectivity index (χ1n) is 11.7. The fourth-order valence-corrected chi connectivity index (χ4v) is 3.79. The van der Waals surface area contributed by atoms with Crippen LogP contribution in [0.4, 0.5) is 0 Å². The van der Waals surface area contributed by atoms with Crippen molar-refractivity contribution in [2.45, 2.75) is 32.9 Å². The smallest absolute Gasteiger partial charge is 0.251 e. The molecule has 1 amide bonds. The minimum absolute atomic E-state index is 0. The molecule has 3 N–H and O–H groups in total. The molecule has 0 bridgehead atoms. The summed E-state index contributed by atoms with van der Waals surface area (Å²) in [6.45, 7) is 11.0. The summed E-state index contributed by atoms with van der Waals surface area (Å²) in [7, 11) is 5.77. The Morgan fingerprint density at radius 1 is 1.18 bits per heavy atom. The molecule has 0 spiro atoms. The number of carbonyl (C=O) groups excluding carboxylic acids is 1. The fraction of sp³-hybridized carbons (Fsp3) is 0.667. The Morgan fingerprint density at radius 3 is 2.55 bits per heavy atom. The molecule has 0 saturated carbocycles. The van der Waals surface area contributed by atoms with E-state index in [1.807, 2.05) is 43.3 Å². The molecule has 9 heteroatoms. The van der Waals surface area contributed by atoms with Gasteiger partial charge in [0.2, 0.25) is 0 Å². The molecule has 1 unspecified atom stereocenters. The van der Waals surface area contributed by atoms with Gasteiger partial charge in [0, 0.05) is 57.9 Å². The number of likely N-dealkylation sites (N-methyl/N-ethyl adjacent to an activating group) is 1. The molecule has 0 aliphatic carbocycles. The summed E-state index contributed by atoms with van der Waals surface area (Å²) in [6.07, 6.45) is 1.13. The van der Waals surface area contributed by atoms with Gasteiger partial charge in [-0.15, -0.1) is 24.0 Å². The van der Waals surface area contributed by atoms with Crippen LogP contribution in [-0.2, 0) is 11.3 Å². The Balaban J connectivity index is 0.00000544. The van der Waals surface area contributed by atoms with Crippen molar-refractivity contribution in [2.75, 3.05) is 67.1 Å². The number of aliphatic imine (C=N–C) groups is 1. The minimum Gasteiger partial charge on any atom is -0.379 e. The lowest BCUT2D eigenvalue weighted by molar-refractivity contribution is 0.0132. The van der Waals surface area contributed by atoms with Gasteiger partial charge in [-0.25, -0.2) is 0 Å². The first-order chi connectivity index (χ1) is 15.4. The summed E-state index contributed by atoms with van der Waals surface area (Å²) in [4.78, 5) is 21.3. The summed E-state index contributed by atoms with van der Waals surface area (Å²) in [5.41, 5.74) is 1.72. The van der Waals surface area contributed by atoms with Crippen molar-refractivity contribution in [2.24, 2.45) is 10.9 Å². The third-order valence-corrected chi connectivity index (χ3v) is 5.53. The van der Waals surface area contributed by atoms with Gasteiger partial charge in [-0.3, -0.25) is 14.7 Å². The molecule has 1 aromatic carbocycles. The van der Waals surface area contributed by atoms with E-state index < -0.39 is 0 Å². The van der Waals surface area contributed by atoms with E-state index in [-0.39, 0.29) is 29.9 Å². The van der Waals surface area contributed by atoms with Gasteiger partial charge in [0.15, 0.2) is 5.96 Å². The second-order valence-electron chi connectivity index (χ2n) is 9.00. The van der Waals surface area contributed by atoms with E-state index in [2.05, 4.69) is 39.7 Å². The quantitative estimate of drug-likeness (QED) is 0.213. The van der Waals surface area contributed by atoms with E-state index >= 15 is 0 Å². The van der Waals surface area contributed by atoms with Gasteiger partial charge in [-0.1, -0.05) is 26.0 Å². The largest absolute Gasteiger partial charge is 0.379 e. The molecule has 0 radical (unpaired) electrons. The number of nitrogens with zero attached hydrogens (tertiary/aromatic N) is 3. The highest BCUT2D eigenvalue weighted by molar-refractivity contribution is 14.0. The van der Waals surface area contributed by atoms with Gasteiger partial charge in [0.05, 0.1) is 13.2 Å². The monoisotopic (exact) mass is 574 g/mol. The Morgan fingerprint density at radius 2 is 1.91 bits per heavy atom. The van der Waals surface area contributed by atoms with E-state index in [0.717, 1.165) is 57.3 Å². The number of benzene rings is 1. The van der Waals surface area contributed by atoms with E-state index in [1.54, 1.807) is 7.05 Å². The first kappa shape index (κ1) is 29.6. The highest BCUT2D eigenvalue weighted by Gasteiger charge is 2.22. The van der Waals surface area contributed by atoms with E-state index in [4.69, 9.17) is 4.74 Å². The zero-order valence-corrected chi connectivity index (χ0v) is 23.2. The zero-order chi connectivity index (χ0) is 23.3. The molecule has 1 aliphatic heterocycles. The number of guanidine groups is 1. The van der Waals surface area contributed by atoms with Gasteiger partial charge < -0.3 is 25.6 Å². The Labute approximate surface area is 216 Å². The number of nitrogens with one attached hydrogen (secondary N) is 3. The predicted octanol–water partition coefficient (Wildman–Crippen LogP) is 2.01. The van der Waals surface area contributed by atoms with Gasteiger partial charge >= 0.3 is 0 Å². The molecule has 1 heterocycles. The lowest BCUT2D eigenvalue weighted by Gasteiger charge is -2.35. The van der Waals surface area contributed by atoms with Crippen LogP contribution in [0.2, 0.25) is 0 Å². The number of rotatable bonds is 11. The molecule has 1 fully saturated rings. The number of hydrogen-bond donors (Lipinski definition) is 3. The van der Waals surface area contributed by atoms with Crippen LogP contribution in [-0.4, -0.2) is 94.8 Å². The Hall–Kier alpha value is -1.43. The zero-order valence-electron chi connectivity index (χ0n) is 20.9. The third kappa shape index (κ3) is 11.5. The first-order valence-corrected chi connectivity index (χ1v) is 11.7. The van der Waals surface area contributed by atoms with Crippen LogP contribution in [0, 0.1) is 5.92 Å². The van der Waals surface area contributed by atoms with Crippen molar-refractivity contribution >= 4 is 35.8 Å². The molecule has 33 heavy (non-hydrogen) atoms. The average molecular weight is 575 g/mol. The maximum atomic E-state index is 12.4. The summed E-state index contributed by atoms with van der Waals surface area (Å²) in [5.74, 6) is 1.36. The summed E-state index contributed by atoms with van der Waals surface area (Å²) >= 11 is 0. The second kappa shape index (κ2) is 16.2. The van der Waals surface area contributed by atoms with Gasteiger partial charge in [-0.05, 0) is 44.1 Å². The minimum atomic E-state index is -0.0433. The maximum Gasteiger partial charge on any atom is 0.251 e. The molecular weight excluding hydrogens is 531 g/mol. The van der Waals surface area contributed by atoms with Crippen LogP contribution in [0.15, 0.2) is 29.3 Å². The lowest BCUT2D eigenvalue weighted by atomic mass is 10.0. The fourth-order valence-electron chi connectivity index (χ4n) is 3.79. The van der Waals surface area contributed by atoms with Crippen LogP contribution in [0.1, 0.15) is 36.2 Å². The van der Waals surface area contributed by atoms with Crippen molar-refractivity contribution in [1.82, 2.24) is 25.8 Å². The van der Waals surface area contributed by atoms with E-state index in [9.17, 15) is 4.79 Å². The highest BCUT2D eigenvalue weighted by Crippen LogP contribution is 2.13. The maximum absolute atomic E-state index is 12.4. The van der Waals surface area contributed by atoms with Crippen LogP contribution in [0.25, 0.3) is 0 Å². The van der Waals surface area contributed by atoms with Crippen molar-refractivity contribution < 1.29 is 9.53 Å². The average Bonchev–Trinajstić information content (AvgIpc) is 2.78. The van der Waals surface area contributed by atoms with E-state index in [0.29, 0.717) is 30.6 Å². The van der Waals surface area contributed by atoms with Crippen molar-refractivity contribution in [3.63, 3.8) is 0 Å². The number of carbonyl (C=O) groups is 1. The number of hydrogen-bond acceptors (Lipinski definition) is 5. The molecular formula is C24H43IN6O2. The lowest BCUT2D eigenvalue weighted by Crippen LogP contribution is -2.50. The van der Waals surface area contributed by atoms with Crippen LogP contribution < -0.4 is 16.0 Å². The van der Waals surface area contributed by atoms with Gasteiger partial charge in [0.25, 0.3) is 5.91 Å². The third-order valence-electron chi connectivity index (χ3n) is 5.53. The van der Waals surface area contributed by atoms with Crippen molar-refractivity contribution in [3.8, 4) is 0 Å². The van der Waals surface area contributed by atoms with Crippen LogP contribution in [0.3, 0.4) is 0 Å². The molecule has 188 valence electrons.